The summed E-state index contributed by atoms with van der Waals surface area (Å²) in [5, 5.41) is 0. The van der Waals surface area contributed by atoms with E-state index in [-0.39, 0.29) is 0 Å². The van der Waals surface area contributed by atoms with E-state index in [9.17, 15) is 0 Å². The Morgan fingerprint density at radius 3 is 2.67 bits per heavy atom. The maximum atomic E-state index is 2.47. The smallest absolute Gasteiger partial charge is 0.0317 e. The first-order valence-corrected chi connectivity index (χ1v) is 6.94. The third kappa shape index (κ3) is 2.46. The summed E-state index contributed by atoms with van der Waals surface area (Å²) in [5.74, 6) is 5.41. The Hall–Kier alpha value is -0.260. The van der Waals surface area contributed by atoms with Crippen molar-refractivity contribution in [3.63, 3.8) is 0 Å². The van der Waals surface area contributed by atoms with Crippen molar-refractivity contribution in [3.8, 4) is 0 Å². The van der Waals surface area contributed by atoms with Crippen molar-refractivity contribution in [1.29, 1.82) is 0 Å². The molecule has 0 aliphatic heterocycles. The molecule has 0 bridgehead atoms. The fraction of sp³-hybridized carbons (Fsp3) is 0.867. The van der Waals surface area contributed by atoms with Gasteiger partial charge in [-0.3, -0.25) is 0 Å². The second-order valence-electron chi connectivity index (χ2n) is 5.66. The number of rotatable bonds is 6. The lowest BCUT2D eigenvalue weighted by Crippen LogP contribution is -1.88. The van der Waals surface area contributed by atoms with Crippen LogP contribution in [0.4, 0.5) is 0 Å². The molecule has 0 aromatic heterocycles. The molecule has 0 aromatic rings. The van der Waals surface area contributed by atoms with Gasteiger partial charge in [0.1, 0.15) is 0 Å². The van der Waals surface area contributed by atoms with Crippen LogP contribution in [-0.4, -0.2) is 0 Å². The SMILES string of the molecule is CCC=CCC1C(C)C1C1CC1CCC. The van der Waals surface area contributed by atoms with Gasteiger partial charge in [0.25, 0.3) is 0 Å². The van der Waals surface area contributed by atoms with Gasteiger partial charge in [-0.1, -0.05) is 45.8 Å². The number of hydrogen-bond donors (Lipinski definition) is 0. The van der Waals surface area contributed by atoms with Gasteiger partial charge < -0.3 is 0 Å². The lowest BCUT2D eigenvalue weighted by Gasteiger charge is -1.96. The molecule has 5 unspecified atom stereocenters. The van der Waals surface area contributed by atoms with Gasteiger partial charge >= 0.3 is 0 Å². The fourth-order valence-corrected chi connectivity index (χ4v) is 3.52. The van der Waals surface area contributed by atoms with Crippen LogP contribution in [-0.2, 0) is 0 Å². The molecule has 2 fully saturated rings. The van der Waals surface area contributed by atoms with Crippen LogP contribution < -0.4 is 0 Å². The molecule has 86 valence electrons. The molecule has 0 heteroatoms. The minimum absolute atomic E-state index is 1.03. The van der Waals surface area contributed by atoms with Crippen LogP contribution in [0, 0.1) is 29.6 Å². The lowest BCUT2D eigenvalue weighted by atomic mass is 10.1. The molecular weight excluding hydrogens is 180 g/mol. The van der Waals surface area contributed by atoms with Crippen molar-refractivity contribution < 1.29 is 0 Å². The van der Waals surface area contributed by atoms with Crippen LogP contribution >= 0.6 is 0 Å². The highest BCUT2D eigenvalue weighted by atomic mass is 14.6. The largest absolute Gasteiger partial charge is 0.0888 e. The van der Waals surface area contributed by atoms with Gasteiger partial charge in [-0.25, -0.2) is 0 Å². The summed E-state index contributed by atoms with van der Waals surface area (Å²) >= 11 is 0. The molecule has 0 spiro atoms. The van der Waals surface area contributed by atoms with E-state index in [2.05, 4.69) is 32.9 Å². The molecule has 5 atom stereocenters. The summed E-state index contributed by atoms with van der Waals surface area (Å²) in [5.41, 5.74) is 0. The maximum Gasteiger partial charge on any atom is -0.0317 e. The van der Waals surface area contributed by atoms with Crippen LogP contribution in [0.3, 0.4) is 0 Å². The van der Waals surface area contributed by atoms with Crippen molar-refractivity contribution >= 4 is 0 Å². The molecule has 2 aliphatic carbocycles. The van der Waals surface area contributed by atoms with Gasteiger partial charge in [0, 0.05) is 0 Å². The molecule has 0 nitrogen and oxygen atoms in total. The fourth-order valence-electron chi connectivity index (χ4n) is 3.52. The summed E-state index contributed by atoms with van der Waals surface area (Å²) in [4.78, 5) is 0. The summed E-state index contributed by atoms with van der Waals surface area (Å²) in [6, 6.07) is 0. The summed E-state index contributed by atoms with van der Waals surface area (Å²) in [6.07, 6.45) is 11.7. The van der Waals surface area contributed by atoms with Crippen LogP contribution in [0.1, 0.15) is 52.9 Å². The van der Waals surface area contributed by atoms with Crippen molar-refractivity contribution in [3.05, 3.63) is 12.2 Å². The molecule has 0 N–H and O–H groups in total. The van der Waals surface area contributed by atoms with Crippen LogP contribution in [0.15, 0.2) is 12.2 Å². The first kappa shape index (κ1) is 11.2. The van der Waals surface area contributed by atoms with E-state index in [1.807, 2.05) is 0 Å². The van der Waals surface area contributed by atoms with Crippen LogP contribution in [0.5, 0.6) is 0 Å². The first-order valence-electron chi connectivity index (χ1n) is 6.94. The highest BCUT2D eigenvalue weighted by Crippen LogP contribution is 2.63. The van der Waals surface area contributed by atoms with E-state index >= 15 is 0 Å². The predicted octanol–water partition coefficient (Wildman–Crippen LogP) is 4.66. The Morgan fingerprint density at radius 1 is 1.20 bits per heavy atom. The monoisotopic (exact) mass is 206 g/mol. The second-order valence-corrected chi connectivity index (χ2v) is 5.66. The van der Waals surface area contributed by atoms with Crippen molar-refractivity contribution in [2.24, 2.45) is 29.6 Å². The van der Waals surface area contributed by atoms with Gasteiger partial charge in [-0.15, -0.1) is 0 Å². The predicted molar refractivity (Wildman–Crippen MR) is 66.7 cm³/mol. The zero-order valence-corrected chi connectivity index (χ0v) is 10.6. The number of hydrogen-bond acceptors (Lipinski definition) is 0. The first-order chi connectivity index (χ1) is 7.29. The second kappa shape index (κ2) is 4.72. The molecule has 0 amide bonds. The quantitative estimate of drug-likeness (QED) is 0.554. The molecule has 15 heavy (non-hydrogen) atoms. The number of allylic oxidation sites excluding steroid dienone is 2. The molecule has 0 aromatic carbocycles. The van der Waals surface area contributed by atoms with Crippen molar-refractivity contribution in [2.75, 3.05) is 0 Å². The van der Waals surface area contributed by atoms with Gasteiger partial charge in [-0.2, -0.15) is 0 Å². The average Bonchev–Trinajstić information content (AvgIpc) is 3.07. The highest BCUT2D eigenvalue weighted by molar-refractivity contribution is 5.07. The normalized spacial score (nSPS) is 43.5. The summed E-state index contributed by atoms with van der Waals surface area (Å²) < 4.78 is 0. The van der Waals surface area contributed by atoms with Crippen molar-refractivity contribution in [2.45, 2.75) is 52.9 Å². The summed E-state index contributed by atoms with van der Waals surface area (Å²) in [7, 11) is 0. The minimum Gasteiger partial charge on any atom is -0.0888 e. The standard InChI is InChI=1S/C15H26/c1-4-6-7-9-13-11(3)15(13)14-10-12(14)8-5-2/h6-7,11-15H,4-5,8-10H2,1-3H3. The van der Waals surface area contributed by atoms with E-state index in [1.54, 1.807) is 6.42 Å². The molecule has 0 radical (unpaired) electrons. The molecule has 0 heterocycles. The average molecular weight is 206 g/mol. The lowest BCUT2D eigenvalue weighted by molar-refractivity contribution is 0.544. The minimum atomic E-state index is 1.03. The van der Waals surface area contributed by atoms with E-state index in [1.165, 1.54) is 25.7 Å². The van der Waals surface area contributed by atoms with Gasteiger partial charge in [-0.05, 0) is 48.9 Å². The Morgan fingerprint density at radius 2 is 2.00 bits per heavy atom. The van der Waals surface area contributed by atoms with Gasteiger partial charge in [0.15, 0.2) is 0 Å². The van der Waals surface area contributed by atoms with Crippen molar-refractivity contribution in [1.82, 2.24) is 0 Å². The maximum absolute atomic E-state index is 2.47. The summed E-state index contributed by atoms with van der Waals surface area (Å²) in [6.45, 7) is 7.02. The third-order valence-corrected chi connectivity index (χ3v) is 4.58. The Balaban J connectivity index is 1.71. The zero-order chi connectivity index (χ0) is 10.8. The van der Waals surface area contributed by atoms with E-state index in [0.717, 1.165) is 29.6 Å². The molecular formula is C15H26. The van der Waals surface area contributed by atoms with E-state index in [0.29, 0.717) is 0 Å². The highest BCUT2D eigenvalue weighted by Gasteiger charge is 2.57. The molecule has 2 saturated carbocycles. The molecule has 2 rings (SSSR count). The van der Waals surface area contributed by atoms with E-state index < -0.39 is 0 Å². The Labute approximate surface area is 95.1 Å². The van der Waals surface area contributed by atoms with E-state index in [4.69, 9.17) is 0 Å². The van der Waals surface area contributed by atoms with Crippen LogP contribution in [0.25, 0.3) is 0 Å². The van der Waals surface area contributed by atoms with Gasteiger partial charge in [0.05, 0.1) is 0 Å². The Kier molecular flexibility index (Phi) is 3.53. The molecule has 0 saturated heterocycles. The van der Waals surface area contributed by atoms with Crippen LogP contribution in [0.2, 0.25) is 0 Å². The topological polar surface area (TPSA) is 0 Å². The zero-order valence-electron chi connectivity index (χ0n) is 10.6. The van der Waals surface area contributed by atoms with Gasteiger partial charge in [0.2, 0.25) is 0 Å². The molecule has 2 aliphatic rings. The third-order valence-electron chi connectivity index (χ3n) is 4.58. The Bertz CT molecular complexity index is 228.